The summed E-state index contributed by atoms with van der Waals surface area (Å²) >= 11 is 0. The van der Waals surface area contributed by atoms with E-state index in [9.17, 15) is 9.90 Å². The maximum absolute atomic E-state index is 11.0. The molecule has 1 aliphatic heterocycles. The Balaban J connectivity index is 2.12. The highest BCUT2D eigenvalue weighted by Gasteiger charge is 2.38. The van der Waals surface area contributed by atoms with Gasteiger partial charge in [-0.3, -0.25) is 9.69 Å². The van der Waals surface area contributed by atoms with Crippen molar-refractivity contribution in [2.75, 3.05) is 6.54 Å². The molecule has 0 bridgehead atoms. The van der Waals surface area contributed by atoms with Crippen molar-refractivity contribution >= 4 is 5.97 Å². The van der Waals surface area contributed by atoms with Crippen LogP contribution in [0, 0.1) is 12.3 Å². The van der Waals surface area contributed by atoms with Gasteiger partial charge in [0.25, 0.3) is 0 Å². The van der Waals surface area contributed by atoms with Gasteiger partial charge in [-0.25, -0.2) is 0 Å². The van der Waals surface area contributed by atoms with E-state index in [1.54, 1.807) is 6.07 Å². The van der Waals surface area contributed by atoms with E-state index in [2.05, 4.69) is 18.7 Å². The molecule has 0 amide bonds. The molecule has 1 aromatic rings. The zero-order chi connectivity index (χ0) is 14.9. The van der Waals surface area contributed by atoms with Crippen LogP contribution in [0.15, 0.2) is 18.2 Å². The van der Waals surface area contributed by atoms with Crippen LogP contribution in [0.5, 0.6) is 5.75 Å². The van der Waals surface area contributed by atoms with E-state index in [0.29, 0.717) is 12.3 Å². The molecule has 110 valence electrons. The molecule has 1 unspecified atom stereocenters. The first kappa shape index (κ1) is 14.9. The molecule has 0 aromatic heterocycles. The Bertz CT molecular complexity index is 510. The molecule has 2 N–H and O–H groups in total. The molecule has 0 saturated carbocycles. The molecule has 1 fully saturated rings. The number of likely N-dealkylation sites (tertiary alicyclic amines) is 1. The third-order valence-corrected chi connectivity index (χ3v) is 4.01. The number of rotatable bonds is 4. The van der Waals surface area contributed by atoms with E-state index in [0.717, 1.165) is 24.1 Å². The Morgan fingerprint density at radius 3 is 2.75 bits per heavy atom. The quantitative estimate of drug-likeness (QED) is 0.888. The lowest BCUT2D eigenvalue weighted by Gasteiger charge is -2.23. The second-order valence-corrected chi connectivity index (χ2v) is 6.65. The number of aryl methyl sites for hydroxylation is 1. The Hall–Kier alpha value is -1.55. The first-order chi connectivity index (χ1) is 9.27. The molecule has 4 heteroatoms. The summed E-state index contributed by atoms with van der Waals surface area (Å²) in [5, 5.41) is 18.8. The number of aromatic hydroxyl groups is 1. The van der Waals surface area contributed by atoms with Crippen molar-refractivity contribution < 1.29 is 15.0 Å². The fraction of sp³-hybridized carbons (Fsp3) is 0.562. The summed E-state index contributed by atoms with van der Waals surface area (Å²) in [4.78, 5) is 13.2. The van der Waals surface area contributed by atoms with Crippen molar-refractivity contribution in [2.45, 2.75) is 46.2 Å². The number of nitrogens with zero attached hydrogens (tertiary/aromatic N) is 1. The van der Waals surface area contributed by atoms with Gasteiger partial charge in [-0.15, -0.1) is 0 Å². The zero-order valence-corrected chi connectivity index (χ0v) is 12.4. The summed E-state index contributed by atoms with van der Waals surface area (Å²) in [5.41, 5.74) is 2.03. The van der Waals surface area contributed by atoms with Crippen molar-refractivity contribution in [2.24, 2.45) is 5.41 Å². The van der Waals surface area contributed by atoms with Crippen LogP contribution in [0.1, 0.15) is 37.8 Å². The highest BCUT2D eigenvalue weighted by Crippen LogP contribution is 2.36. The van der Waals surface area contributed by atoms with E-state index in [-0.39, 0.29) is 17.9 Å². The molecular weight excluding hydrogens is 254 g/mol. The summed E-state index contributed by atoms with van der Waals surface area (Å²) < 4.78 is 0. The van der Waals surface area contributed by atoms with E-state index >= 15 is 0 Å². The predicted molar refractivity (Wildman–Crippen MR) is 77.7 cm³/mol. The lowest BCUT2D eigenvalue weighted by atomic mass is 9.90. The molecule has 1 saturated heterocycles. The third kappa shape index (κ3) is 3.51. The fourth-order valence-electron chi connectivity index (χ4n) is 3.09. The summed E-state index contributed by atoms with van der Waals surface area (Å²) in [7, 11) is 0. The maximum atomic E-state index is 11.0. The Morgan fingerprint density at radius 2 is 2.15 bits per heavy atom. The zero-order valence-electron chi connectivity index (χ0n) is 12.4. The molecule has 0 aliphatic carbocycles. The Kier molecular flexibility index (Phi) is 4.04. The molecule has 20 heavy (non-hydrogen) atoms. The fourth-order valence-corrected chi connectivity index (χ4v) is 3.09. The monoisotopic (exact) mass is 277 g/mol. The highest BCUT2D eigenvalue weighted by molar-refractivity contribution is 5.67. The van der Waals surface area contributed by atoms with Crippen LogP contribution >= 0.6 is 0 Å². The first-order valence-electron chi connectivity index (χ1n) is 7.01. The molecule has 1 aliphatic rings. The van der Waals surface area contributed by atoms with Crippen LogP contribution in [0.2, 0.25) is 0 Å². The van der Waals surface area contributed by atoms with E-state index in [4.69, 9.17) is 5.11 Å². The lowest BCUT2D eigenvalue weighted by molar-refractivity contribution is -0.138. The van der Waals surface area contributed by atoms with Gasteiger partial charge in [0.15, 0.2) is 0 Å². The molecule has 0 spiro atoms. The number of aliphatic carboxylic acids is 1. The van der Waals surface area contributed by atoms with Crippen molar-refractivity contribution in [1.82, 2.24) is 4.90 Å². The Labute approximate surface area is 120 Å². The van der Waals surface area contributed by atoms with Crippen LogP contribution in [-0.2, 0) is 11.3 Å². The number of phenols is 1. The molecular formula is C16H23NO3. The largest absolute Gasteiger partial charge is 0.508 e. The number of hydrogen-bond donors (Lipinski definition) is 2. The normalized spacial score (nSPS) is 22.1. The third-order valence-electron chi connectivity index (χ3n) is 4.01. The number of benzene rings is 1. The summed E-state index contributed by atoms with van der Waals surface area (Å²) in [6.07, 6.45) is 1.08. The molecule has 1 atom stereocenters. The lowest BCUT2D eigenvalue weighted by Crippen LogP contribution is -2.31. The van der Waals surface area contributed by atoms with Gasteiger partial charge >= 0.3 is 5.97 Å². The summed E-state index contributed by atoms with van der Waals surface area (Å²) in [6.45, 7) is 7.79. The van der Waals surface area contributed by atoms with Crippen LogP contribution in [-0.4, -0.2) is 33.7 Å². The average Bonchev–Trinajstić information content (AvgIpc) is 2.57. The van der Waals surface area contributed by atoms with Crippen LogP contribution in [0.3, 0.4) is 0 Å². The number of carboxylic acid groups (broad SMARTS) is 1. The topological polar surface area (TPSA) is 60.8 Å². The Morgan fingerprint density at radius 1 is 1.45 bits per heavy atom. The minimum Gasteiger partial charge on any atom is -0.508 e. The second kappa shape index (κ2) is 5.44. The van der Waals surface area contributed by atoms with Crippen LogP contribution in [0.25, 0.3) is 0 Å². The molecule has 1 aromatic carbocycles. The number of hydrogen-bond acceptors (Lipinski definition) is 3. The average molecular weight is 277 g/mol. The van der Waals surface area contributed by atoms with Gasteiger partial charge in [0.2, 0.25) is 0 Å². The minimum absolute atomic E-state index is 0.0749. The van der Waals surface area contributed by atoms with Gasteiger partial charge in [-0.1, -0.05) is 26.0 Å². The maximum Gasteiger partial charge on any atom is 0.304 e. The minimum atomic E-state index is -0.746. The summed E-state index contributed by atoms with van der Waals surface area (Å²) in [5.74, 6) is -0.444. The molecule has 2 rings (SSSR count). The molecule has 0 radical (unpaired) electrons. The van der Waals surface area contributed by atoms with Gasteiger partial charge in [0, 0.05) is 19.1 Å². The van der Waals surface area contributed by atoms with Crippen molar-refractivity contribution in [3.05, 3.63) is 29.3 Å². The van der Waals surface area contributed by atoms with E-state index in [1.165, 1.54) is 0 Å². The first-order valence-corrected chi connectivity index (χ1v) is 7.01. The van der Waals surface area contributed by atoms with Gasteiger partial charge < -0.3 is 10.2 Å². The van der Waals surface area contributed by atoms with Crippen molar-refractivity contribution in [3.8, 4) is 5.75 Å². The van der Waals surface area contributed by atoms with Gasteiger partial charge in [0.1, 0.15) is 5.75 Å². The number of phenolic OH excluding ortho intramolecular Hbond substituents is 1. The smallest absolute Gasteiger partial charge is 0.304 e. The van der Waals surface area contributed by atoms with E-state index in [1.807, 2.05) is 19.1 Å². The van der Waals surface area contributed by atoms with Crippen molar-refractivity contribution in [1.29, 1.82) is 0 Å². The summed E-state index contributed by atoms with van der Waals surface area (Å²) in [6, 6.07) is 5.75. The van der Waals surface area contributed by atoms with Crippen LogP contribution < -0.4 is 0 Å². The predicted octanol–water partition coefficient (Wildman–Crippen LogP) is 2.78. The van der Waals surface area contributed by atoms with Crippen LogP contribution in [0.4, 0.5) is 0 Å². The highest BCUT2D eigenvalue weighted by atomic mass is 16.4. The van der Waals surface area contributed by atoms with Gasteiger partial charge in [-0.05, 0) is 36.0 Å². The molecule has 1 heterocycles. The SMILES string of the molecule is Cc1ccc(CN2CC(C)(C)CC2CC(=O)O)cc1O. The van der Waals surface area contributed by atoms with Crippen molar-refractivity contribution in [3.63, 3.8) is 0 Å². The van der Waals surface area contributed by atoms with E-state index < -0.39 is 5.97 Å². The van der Waals surface area contributed by atoms with Gasteiger partial charge in [0.05, 0.1) is 6.42 Å². The number of carboxylic acids is 1. The second-order valence-electron chi connectivity index (χ2n) is 6.65. The van der Waals surface area contributed by atoms with Gasteiger partial charge in [-0.2, -0.15) is 0 Å². The standard InChI is InChI=1S/C16H23NO3/c1-11-4-5-12(6-14(11)18)9-17-10-16(2,3)8-13(17)7-15(19)20/h4-6,13,18H,7-10H2,1-3H3,(H,19,20). The number of carbonyl (C=O) groups is 1. The molecule has 4 nitrogen and oxygen atoms in total.